The van der Waals surface area contributed by atoms with Gasteiger partial charge in [-0.2, -0.15) is 0 Å². The zero-order chi connectivity index (χ0) is 19.5. The van der Waals surface area contributed by atoms with Gasteiger partial charge in [0.1, 0.15) is 23.0 Å². The van der Waals surface area contributed by atoms with Gasteiger partial charge in [0.25, 0.3) is 0 Å². The Morgan fingerprint density at radius 2 is 1.36 bits per heavy atom. The first-order valence-electron chi connectivity index (χ1n) is 9.42. The van der Waals surface area contributed by atoms with Crippen LogP contribution in [-0.2, 0) is 11.3 Å². The van der Waals surface area contributed by atoms with Gasteiger partial charge in [0, 0.05) is 30.8 Å². The molecule has 1 aliphatic heterocycles. The number of carbonyl (C=O) groups is 1. The van der Waals surface area contributed by atoms with Crippen molar-refractivity contribution in [2.24, 2.45) is 0 Å². The summed E-state index contributed by atoms with van der Waals surface area (Å²) in [6.45, 7) is 5.75. The molecule has 2 aromatic heterocycles. The quantitative estimate of drug-likeness (QED) is 0.601. The number of likely N-dealkylation sites (tertiary alicyclic amines) is 1. The Morgan fingerprint density at radius 1 is 0.821 bits per heavy atom. The number of aryl methyl sites for hydroxylation is 2. The summed E-state index contributed by atoms with van der Waals surface area (Å²) < 4.78 is 11.3. The Balaban J connectivity index is 1.66. The fourth-order valence-corrected chi connectivity index (χ4v) is 3.47. The van der Waals surface area contributed by atoms with Gasteiger partial charge < -0.3 is 8.83 Å². The van der Waals surface area contributed by atoms with Crippen LogP contribution in [0.15, 0.2) is 74.6 Å². The first-order chi connectivity index (χ1) is 13.6. The smallest absolute Gasteiger partial charge is 0.187 e. The second-order valence-electron chi connectivity index (χ2n) is 7.20. The first-order valence-corrected chi connectivity index (χ1v) is 9.42. The number of rotatable bonds is 4. The molecule has 4 heteroatoms. The lowest BCUT2D eigenvalue weighted by Crippen LogP contribution is -2.37. The predicted molar refractivity (Wildman–Crippen MR) is 110 cm³/mol. The van der Waals surface area contributed by atoms with Crippen molar-refractivity contribution >= 4 is 17.9 Å². The molecule has 142 valence electrons. The van der Waals surface area contributed by atoms with Crippen molar-refractivity contribution in [3.63, 3.8) is 0 Å². The monoisotopic (exact) mass is 373 g/mol. The summed E-state index contributed by atoms with van der Waals surface area (Å²) in [6.07, 6.45) is 3.71. The normalized spacial score (nSPS) is 18.3. The molecule has 28 heavy (non-hydrogen) atoms. The maximum Gasteiger partial charge on any atom is 0.187 e. The molecule has 1 saturated heterocycles. The summed E-state index contributed by atoms with van der Waals surface area (Å²) in [5.74, 6) is 3.12. The molecule has 1 aliphatic rings. The standard InChI is InChI=1S/C24H23NO3/c1-17-8-10-22(27-17)12-20-15-25(14-19-6-4-3-5-7-19)16-21(24(20)26)13-23-11-9-18(2)28-23/h3-13H,14-16H2,1-2H3/b20-12+,21-13+. The molecule has 0 spiro atoms. The average molecular weight is 373 g/mol. The minimum Gasteiger partial charge on any atom is -0.462 e. The summed E-state index contributed by atoms with van der Waals surface area (Å²) in [5.41, 5.74) is 2.68. The second kappa shape index (κ2) is 7.87. The molecule has 0 unspecified atom stereocenters. The molecule has 0 saturated carbocycles. The Labute approximate surface area is 164 Å². The Morgan fingerprint density at radius 3 is 1.82 bits per heavy atom. The van der Waals surface area contributed by atoms with Crippen LogP contribution in [-0.4, -0.2) is 23.8 Å². The van der Waals surface area contributed by atoms with Crippen molar-refractivity contribution in [1.82, 2.24) is 4.90 Å². The van der Waals surface area contributed by atoms with Crippen LogP contribution in [0.2, 0.25) is 0 Å². The molecular formula is C24H23NO3. The minimum absolute atomic E-state index is 0.0485. The number of benzene rings is 1. The SMILES string of the molecule is Cc1ccc(/C=C2\CN(Cc3ccccc3)C/C(=C\c3ccc(C)o3)C2=O)o1. The van der Waals surface area contributed by atoms with Gasteiger partial charge in [0.15, 0.2) is 5.78 Å². The fraction of sp³-hybridized carbons (Fsp3) is 0.208. The summed E-state index contributed by atoms with van der Waals surface area (Å²) in [4.78, 5) is 15.4. The zero-order valence-corrected chi connectivity index (χ0v) is 16.1. The molecule has 0 atom stereocenters. The van der Waals surface area contributed by atoms with Gasteiger partial charge in [-0.3, -0.25) is 9.69 Å². The van der Waals surface area contributed by atoms with E-state index in [0.29, 0.717) is 24.6 Å². The molecule has 0 bridgehead atoms. The zero-order valence-electron chi connectivity index (χ0n) is 16.1. The number of piperidine rings is 1. The van der Waals surface area contributed by atoms with Gasteiger partial charge in [0.2, 0.25) is 0 Å². The highest BCUT2D eigenvalue weighted by atomic mass is 16.3. The van der Waals surface area contributed by atoms with Crippen LogP contribution in [0.5, 0.6) is 0 Å². The van der Waals surface area contributed by atoms with Crippen molar-refractivity contribution in [2.75, 3.05) is 13.1 Å². The van der Waals surface area contributed by atoms with Crippen LogP contribution in [0, 0.1) is 13.8 Å². The number of nitrogens with zero attached hydrogens (tertiary/aromatic N) is 1. The fourth-order valence-electron chi connectivity index (χ4n) is 3.47. The van der Waals surface area contributed by atoms with Crippen LogP contribution in [0.3, 0.4) is 0 Å². The van der Waals surface area contributed by atoms with E-state index >= 15 is 0 Å². The third kappa shape index (κ3) is 4.24. The van der Waals surface area contributed by atoms with Crippen molar-refractivity contribution in [2.45, 2.75) is 20.4 Å². The molecule has 0 amide bonds. The molecule has 0 N–H and O–H groups in total. The Hall–Kier alpha value is -3.11. The maximum absolute atomic E-state index is 13.1. The van der Waals surface area contributed by atoms with Gasteiger partial charge in [-0.05, 0) is 55.8 Å². The topological polar surface area (TPSA) is 46.6 Å². The highest BCUT2D eigenvalue weighted by molar-refractivity contribution is 6.14. The molecular weight excluding hydrogens is 350 g/mol. The third-order valence-corrected chi connectivity index (χ3v) is 4.78. The molecule has 4 rings (SSSR count). The highest BCUT2D eigenvalue weighted by Crippen LogP contribution is 2.24. The van der Waals surface area contributed by atoms with Crippen molar-refractivity contribution < 1.29 is 13.6 Å². The summed E-state index contributed by atoms with van der Waals surface area (Å²) in [5, 5.41) is 0. The van der Waals surface area contributed by atoms with Gasteiger partial charge in [-0.1, -0.05) is 30.3 Å². The summed E-state index contributed by atoms with van der Waals surface area (Å²) in [7, 11) is 0. The first kappa shape index (κ1) is 18.3. The van der Waals surface area contributed by atoms with E-state index in [0.717, 1.165) is 29.2 Å². The van der Waals surface area contributed by atoms with Crippen LogP contribution in [0.1, 0.15) is 28.6 Å². The van der Waals surface area contributed by atoms with Crippen molar-refractivity contribution in [1.29, 1.82) is 0 Å². The average Bonchev–Trinajstić information content (AvgIpc) is 3.27. The van der Waals surface area contributed by atoms with E-state index in [2.05, 4.69) is 17.0 Å². The van der Waals surface area contributed by atoms with Gasteiger partial charge in [-0.15, -0.1) is 0 Å². The van der Waals surface area contributed by atoms with E-state index in [1.165, 1.54) is 5.56 Å². The van der Waals surface area contributed by atoms with Crippen molar-refractivity contribution in [3.8, 4) is 0 Å². The van der Waals surface area contributed by atoms with E-state index in [9.17, 15) is 4.79 Å². The Kier molecular flexibility index (Phi) is 5.13. The molecule has 3 aromatic rings. The number of furan rings is 2. The highest BCUT2D eigenvalue weighted by Gasteiger charge is 2.26. The number of hydrogen-bond donors (Lipinski definition) is 0. The van der Waals surface area contributed by atoms with Crippen molar-refractivity contribution in [3.05, 3.63) is 94.3 Å². The summed E-state index contributed by atoms with van der Waals surface area (Å²) in [6, 6.07) is 17.9. The molecule has 1 fully saturated rings. The largest absolute Gasteiger partial charge is 0.462 e. The van der Waals surface area contributed by atoms with Gasteiger partial charge >= 0.3 is 0 Å². The number of ketones is 1. The number of carbonyl (C=O) groups excluding carboxylic acids is 1. The van der Waals surface area contributed by atoms with Crippen LogP contribution < -0.4 is 0 Å². The molecule has 0 aliphatic carbocycles. The lowest BCUT2D eigenvalue weighted by atomic mass is 9.95. The van der Waals surface area contributed by atoms with E-state index < -0.39 is 0 Å². The number of Topliss-reactive ketones (excluding diaryl/α,β-unsaturated/α-hetero) is 1. The Bertz CT molecular complexity index is 975. The lowest BCUT2D eigenvalue weighted by Gasteiger charge is -2.29. The lowest BCUT2D eigenvalue weighted by molar-refractivity contribution is -0.113. The number of hydrogen-bond acceptors (Lipinski definition) is 4. The van der Waals surface area contributed by atoms with E-state index in [1.807, 2.05) is 68.5 Å². The molecule has 0 radical (unpaired) electrons. The van der Waals surface area contributed by atoms with E-state index in [-0.39, 0.29) is 5.78 Å². The maximum atomic E-state index is 13.1. The van der Waals surface area contributed by atoms with Crippen LogP contribution >= 0.6 is 0 Å². The molecule has 1 aromatic carbocycles. The molecule has 3 heterocycles. The van der Waals surface area contributed by atoms with Crippen LogP contribution in [0.25, 0.3) is 12.2 Å². The second-order valence-corrected chi connectivity index (χ2v) is 7.20. The van der Waals surface area contributed by atoms with E-state index in [4.69, 9.17) is 8.83 Å². The third-order valence-electron chi connectivity index (χ3n) is 4.78. The minimum atomic E-state index is 0.0485. The van der Waals surface area contributed by atoms with Gasteiger partial charge in [0.05, 0.1) is 0 Å². The van der Waals surface area contributed by atoms with Gasteiger partial charge in [-0.25, -0.2) is 0 Å². The van der Waals surface area contributed by atoms with E-state index in [1.54, 1.807) is 0 Å². The predicted octanol–water partition coefficient (Wildman–Crippen LogP) is 5.04. The molecule has 4 nitrogen and oxygen atoms in total. The van der Waals surface area contributed by atoms with Crippen LogP contribution in [0.4, 0.5) is 0 Å². The summed E-state index contributed by atoms with van der Waals surface area (Å²) >= 11 is 0.